The van der Waals surface area contributed by atoms with E-state index in [-0.39, 0.29) is 0 Å². The van der Waals surface area contributed by atoms with Crippen LogP contribution in [0.2, 0.25) is 0 Å². The molecule has 10 aromatic rings. The molecular weight excluding hydrogens is 689 g/mol. The Morgan fingerprint density at radius 3 is 1.67 bits per heavy atom. The molecular formula is C55H38N2. The van der Waals surface area contributed by atoms with Crippen molar-refractivity contribution in [2.75, 3.05) is 0 Å². The summed E-state index contributed by atoms with van der Waals surface area (Å²) in [5, 5.41) is 3.84. The molecule has 0 saturated carbocycles. The molecule has 12 rings (SSSR count). The Hall–Kier alpha value is -7.16. The summed E-state index contributed by atoms with van der Waals surface area (Å²) in [4.78, 5) is 0. The number of nitrogens with zero attached hydrogens (tertiary/aromatic N) is 2. The molecule has 2 aromatic heterocycles. The third-order valence-corrected chi connectivity index (χ3v) is 12.7. The van der Waals surface area contributed by atoms with Gasteiger partial charge in [-0.2, -0.15) is 0 Å². The van der Waals surface area contributed by atoms with E-state index >= 15 is 0 Å². The van der Waals surface area contributed by atoms with E-state index < -0.39 is 5.41 Å². The van der Waals surface area contributed by atoms with Crippen molar-refractivity contribution in [1.29, 1.82) is 0 Å². The molecule has 2 heterocycles. The predicted molar refractivity (Wildman–Crippen MR) is 238 cm³/mol. The fourth-order valence-electron chi connectivity index (χ4n) is 10.3. The van der Waals surface area contributed by atoms with Gasteiger partial charge in [0.05, 0.1) is 22.0 Å². The Labute approximate surface area is 332 Å². The van der Waals surface area contributed by atoms with Gasteiger partial charge in [-0.15, -0.1) is 0 Å². The van der Waals surface area contributed by atoms with Crippen molar-refractivity contribution in [2.45, 2.75) is 18.3 Å². The van der Waals surface area contributed by atoms with E-state index in [0.717, 1.165) is 12.8 Å². The smallest absolute Gasteiger partial charge is 0.0713 e. The number of aromatic nitrogens is 2. The van der Waals surface area contributed by atoms with Gasteiger partial charge in [0.1, 0.15) is 0 Å². The van der Waals surface area contributed by atoms with Gasteiger partial charge in [0.15, 0.2) is 0 Å². The fraction of sp³-hybridized carbons (Fsp3) is 0.0545. The molecule has 0 bridgehead atoms. The molecule has 2 heteroatoms. The third-order valence-electron chi connectivity index (χ3n) is 12.7. The molecule has 0 aliphatic heterocycles. The highest BCUT2D eigenvalue weighted by Gasteiger charge is 2.45. The zero-order valence-electron chi connectivity index (χ0n) is 31.4. The summed E-state index contributed by atoms with van der Waals surface area (Å²) >= 11 is 0. The fourth-order valence-corrected chi connectivity index (χ4v) is 10.3. The predicted octanol–water partition coefficient (Wildman–Crippen LogP) is 13.7. The normalized spacial score (nSPS) is 13.9. The van der Waals surface area contributed by atoms with Gasteiger partial charge in [-0.1, -0.05) is 152 Å². The van der Waals surface area contributed by atoms with Crippen LogP contribution in [-0.4, -0.2) is 9.13 Å². The molecule has 2 aliphatic rings. The van der Waals surface area contributed by atoms with Crippen molar-refractivity contribution in [3.05, 3.63) is 234 Å². The second-order valence-electron chi connectivity index (χ2n) is 15.5. The second kappa shape index (κ2) is 12.4. The summed E-state index contributed by atoms with van der Waals surface area (Å²) in [5.74, 6) is 0. The highest BCUT2D eigenvalue weighted by molar-refractivity contribution is 6.10. The molecule has 0 amide bonds. The van der Waals surface area contributed by atoms with E-state index in [1.165, 1.54) is 99.8 Å². The maximum Gasteiger partial charge on any atom is 0.0713 e. The van der Waals surface area contributed by atoms with E-state index in [4.69, 9.17) is 0 Å². The second-order valence-corrected chi connectivity index (χ2v) is 15.5. The first-order valence-electron chi connectivity index (χ1n) is 20.1. The van der Waals surface area contributed by atoms with Crippen LogP contribution in [0.1, 0.15) is 39.9 Å². The number of fused-ring (bicyclic) bond motifs is 9. The molecule has 0 saturated heterocycles. The monoisotopic (exact) mass is 726 g/mol. The molecule has 0 atom stereocenters. The molecule has 8 aromatic carbocycles. The van der Waals surface area contributed by atoms with Crippen LogP contribution in [0, 0.1) is 0 Å². The minimum absolute atomic E-state index is 0.405. The first-order valence-corrected chi connectivity index (χ1v) is 20.1. The maximum atomic E-state index is 2.52. The highest BCUT2D eigenvalue weighted by Crippen LogP contribution is 2.56. The lowest BCUT2D eigenvalue weighted by atomic mass is 9.68. The van der Waals surface area contributed by atoms with Crippen LogP contribution < -0.4 is 0 Å². The van der Waals surface area contributed by atoms with Crippen LogP contribution in [-0.2, 0) is 11.8 Å². The minimum atomic E-state index is -0.405. The number of benzene rings is 8. The standard InChI is InChI=1S/C55H38N2/c1-3-15-39(16-4-1)55(49-23-11-7-19-43(49)44-20-8-12-24-50(44)55)40-29-31-42(32-30-40)57-52-26-14-10-22-46(52)48-36-38(28-34-54(48)57)37-27-33-53-47(35-37)45-21-9-13-25-51(45)56(53)41-17-5-2-6-18-41/h1-13,15-25,27-36H,14,26H2. The Morgan fingerprint density at radius 2 is 0.947 bits per heavy atom. The Kier molecular flexibility index (Phi) is 7.00. The number of allylic oxidation sites excluding steroid dienone is 1. The van der Waals surface area contributed by atoms with Crippen LogP contribution >= 0.6 is 0 Å². The Morgan fingerprint density at radius 1 is 0.404 bits per heavy atom. The minimum Gasteiger partial charge on any atom is -0.313 e. The molecule has 0 fully saturated rings. The van der Waals surface area contributed by atoms with E-state index in [1.807, 2.05) is 0 Å². The lowest BCUT2D eigenvalue weighted by Gasteiger charge is -2.34. The summed E-state index contributed by atoms with van der Waals surface area (Å²) in [6, 6.07) is 72.0. The molecule has 2 aliphatic carbocycles. The van der Waals surface area contributed by atoms with Crippen LogP contribution in [0.25, 0.3) is 72.4 Å². The first kappa shape index (κ1) is 32.1. The third kappa shape index (κ3) is 4.59. The van der Waals surface area contributed by atoms with E-state index in [9.17, 15) is 0 Å². The van der Waals surface area contributed by atoms with Crippen molar-refractivity contribution < 1.29 is 0 Å². The molecule has 0 unspecified atom stereocenters. The van der Waals surface area contributed by atoms with Crippen molar-refractivity contribution in [3.63, 3.8) is 0 Å². The first-order chi connectivity index (χ1) is 28.3. The molecule has 0 N–H and O–H groups in total. The lowest BCUT2D eigenvalue weighted by molar-refractivity contribution is 0.767. The summed E-state index contributed by atoms with van der Waals surface area (Å²) in [5.41, 5.74) is 18.7. The van der Waals surface area contributed by atoms with Crippen LogP contribution in [0.3, 0.4) is 0 Å². The molecule has 268 valence electrons. The van der Waals surface area contributed by atoms with Crippen LogP contribution in [0.15, 0.2) is 200 Å². The van der Waals surface area contributed by atoms with Gasteiger partial charge in [-0.25, -0.2) is 0 Å². The quantitative estimate of drug-likeness (QED) is 0.167. The van der Waals surface area contributed by atoms with Gasteiger partial charge >= 0.3 is 0 Å². The van der Waals surface area contributed by atoms with E-state index in [2.05, 4.69) is 215 Å². The summed E-state index contributed by atoms with van der Waals surface area (Å²) in [6.45, 7) is 0. The Balaban J connectivity index is 1.00. The lowest BCUT2D eigenvalue weighted by Crippen LogP contribution is -2.28. The van der Waals surface area contributed by atoms with Crippen LogP contribution in [0.4, 0.5) is 0 Å². The van der Waals surface area contributed by atoms with Gasteiger partial charge < -0.3 is 9.13 Å². The van der Waals surface area contributed by atoms with Gasteiger partial charge in [0.25, 0.3) is 0 Å². The number of para-hydroxylation sites is 2. The topological polar surface area (TPSA) is 9.86 Å². The van der Waals surface area contributed by atoms with Crippen molar-refractivity contribution in [2.24, 2.45) is 0 Å². The van der Waals surface area contributed by atoms with Gasteiger partial charge in [-0.3, -0.25) is 0 Å². The highest BCUT2D eigenvalue weighted by atomic mass is 15.0. The zero-order valence-corrected chi connectivity index (χ0v) is 31.4. The van der Waals surface area contributed by atoms with Gasteiger partial charge in [0, 0.05) is 38.8 Å². The largest absolute Gasteiger partial charge is 0.313 e. The Bertz CT molecular complexity index is 3170. The molecule has 2 nitrogen and oxygen atoms in total. The number of rotatable bonds is 5. The zero-order chi connectivity index (χ0) is 37.5. The molecule has 57 heavy (non-hydrogen) atoms. The maximum absolute atomic E-state index is 2.52. The summed E-state index contributed by atoms with van der Waals surface area (Å²) in [6.07, 6.45) is 6.74. The average molecular weight is 727 g/mol. The SMILES string of the molecule is C1=Cc2c(n(-c3ccc(C4(c5ccccc5)c5ccccc5-c5ccccc54)cc3)c3ccc(-c4ccc5c(c4)c4ccccc4n5-c4ccccc4)cc23)CC1. The molecule has 0 radical (unpaired) electrons. The van der Waals surface area contributed by atoms with E-state index in [1.54, 1.807) is 0 Å². The summed E-state index contributed by atoms with van der Waals surface area (Å²) in [7, 11) is 0. The summed E-state index contributed by atoms with van der Waals surface area (Å²) < 4.78 is 4.90. The van der Waals surface area contributed by atoms with Gasteiger partial charge in [0.2, 0.25) is 0 Å². The van der Waals surface area contributed by atoms with Crippen molar-refractivity contribution >= 4 is 38.8 Å². The van der Waals surface area contributed by atoms with Crippen molar-refractivity contribution in [3.8, 4) is 33.6 Å². The van der Waals surface area contributed by atoms with E-state index in [0.29, 0.717) is 0 Å². The van der Waals surface area contributed by atoms with Gasteiger partial charge in [-0.05, 0) is 112 Å². The average Bonchev–Trinajstić information content (AvgIpc) is 3.91. The number of hydrogen-bond donors (Lipinski definition) is 0. The molecule has 0 spiro atoms. The number of hydrogen-bond acceptors (Lipinski definition) is 0. The van der Waals surface area contributed by atoms with Crippen LogP contribution in [0.5, 0.6) is 0 Å². The van der Waals surface area contributed by atoms with Crippen molar-refractivity contribution in [1.82, 2.24) is 9.13 Å².